The molecule has 0 radical (unpaired) electrons. The van der Waals surface area contributed by atoms with Gasteiger partial charge in [-0.15, -0.1) is 5.10 Å². The van der Waals surface area contributed by atoms with Gasteiger partial charge in [0.1, 0.15) is 0 Å². The van der Waals surface area contributed by atoms with Gasteiger partial charge in [0.15, 0.2) is 5.82 Å². The summed E-state index contributed by atoms with van der Waals surface area (Å²) in [5.74, 6) is 0.594. The number of H-pyrrole nitrogens is 1. The molecular weight excluding hydrogens is 376 g/mol. The Morgan fingerprint density at radius 1 is 1.25 bits per heavy atom. The predicted octanol–water partition coefficient (Wildman–Crippen LogP) is 2.72. The third-order valence-electron chi connectivity index (χ3n) is 4.37. The lowest BCUT2D eigenvalue weighted by atomic mass is 10.2. The number of hydrogen-bond acceptors (Lipinski definition) is 6. The zero-order chi connectivity index (χ0) is 19.5. The SMILES string of the molecule is C[C@@H]1CC(=O)Nc2ccccc2N1C(=O)CSc1n[nH]c(-c2ccncc2)n1. The van der Waals surface area contributed by atoms with Gasteiger partial charge in [0.05, 0.1) is 17.1 Å². The van der Waals surface area contributed by atoms with Crippen molar-refractivity contribution < 1.29 is 9.59 Å². The number of para-hydroxylation sites is 2. The summed E-state index contributed by atoms with van der Waals surface area (Å²) in [5, 5.41) is 10.4. The zero-order valence-electron chi connectivity index (χ0n) is 15.1. The first-order valence-electron chi connectivity index (χ1n) is 8.78. The Kier molecular flexibility index (Phi) is 5.07. The number of rotatable bonds is 4. The van der Waals surface area contributed by atoms with Gasteiger partial charge in [-0.1, -0.05) is 23.9 Å². The van der Waals surface area contributed by atoms with Crippen molar-refractivity contribution in [2.75, 3.05) is 16.0 Å². The van der Waals surface area contributed by atoms with Crippen molar-refractivity contribution in [1.29, 1.82) is 0 Å². The van der Waals surface area contributed by atoms with E-state index in [1.54, 1.807) is 23.4 Å². The highest BCUT2D eigenvalue weighted by atomic mass is 32.2. The van der Waals surface area contributed by atoms with Gasteiger partial charge in [-0.3, -0.25) is 19.7 Å². The number of thioether (sulfide) groups is 1. The first-order valence-corrected chi connectivity index (χ1v) is 9.77. The number of carbonyl (C=O) groups is 2. The Balaban J connectivity index is 1.49. The summed E-state index contributed by atoms with van der Waals surface area (Å²) in [4.78, 5) is 35.1. The Bertz CT molecular complexity index is 1010. The van der Waals surface area contributed by atoms with Crippen molar-refractivity contribution >= 4 is 35.0 Å². The molecule has 2 aromatic heterocycles. The summed E-state index contributed by atoms with van der Waals surface area (Å²) in [7, 11) is 0. The number of nitrogens with zero attached hydrogens (tertiary/aromatic N) is 4. The summed E-state index contributed by atoms with van der Waals surface area (Å²) in [6.45, 7) is 1.87. The van der Waals surface area contributed by atoms with Crippen molar-refractivity contribution in [2.24, 2.45) is 0 Å². The molecule has 0 aliphatic carbocycles. The van der Waals surface area contributed by atoms with E-state index >= 15 is 0 Å². The standard InChI is InChI=1S/C19H18N6O2S/c1-12-10-16(26)21-14-4-2-3-5-15(14)25(12)17(27)11-28-19-22-18(23-24-19)13-6-8-20-9-7-13/h2-9,12H,10-11H2,1H3,(H,21,26)(H,22,23,24)/t12-/m1/s1. The number of aromatic amines is 1. The van der Waals surface area contributed by atoms with Crippen LogP contribution in [0.15, 0.2) is 53.9 Å². The van der Waals surface area contributed by atoms with Gasteiger partial charge in [0, 0.05) is 30.4 Å². The van der Waals surface area contributed by atoms with E-state index in [0.717, 1.165) is 5.56 Å². The zero-order valence-corrected chi connectivity index (χ0v) is 15.9. The van der Waals surface area contributed by atoms with Crippen LogP contribution in [-0.4, -0.2) is 43.8 Å². The number of pyridine rings is 1. The molecule has 0 unspecified atom stereocenters. The first kappa shape index (κ1) is 18.2. The molecule has 2 amide bonds. The Labute approximate surface area is 165 Å². The van der Waals surface area contributed by atoms with Crippen LogP contribution < -0.4 is 10.2 Å². The number of carbonyl (C=O) groups excluding carboxylic acids is 2. The number of anilines is 2. The van der Waals surface area contributed by atoms with Crippen LogP contribution in [0.3, 0.4) is 0 Å². The molecule has 1 aromatic carbocycles. The molecule has 0 fully saturated rings. The number of hydrogen-bond donors (Lipinski definition) is 2. The molecule has 2 N–H and O–H groups in total. The van der Waals surface area contributed by atoms with Crippen molar-refractivity contribution in [1.82, 2.24) is 20.2 Å². The van der Waals surface area contributed by atoms with Crippen LogP contribution in [0.4, 0.5) is 11.4 Å². The van der Waals surface area contributed by atoms with Crippen molar-refractivity contribution in [3.05, 3.63) is 48.8 Å². The minimum atomic E-state index is -0.240. The molecule has 8 nitrogen and oxygen atoms in total. The summed E-state index contributed by atoms with van der Waals surface area (Å²) in [6, 6.07) is 10.8. The average Bonchev–Trinajstić information content (AvgIpc) is 3.12. The normalized spacial score (nSPS) is 16.2. The maximum Gasteiger partial charge on any atom is 0.237 e. The van der Waals surface area contributed by atoms with Crippen LogP contribution >= 0.6 is 11.8 Å². The number of aromatic nitrogens is 4. The molecule has 0 saturated carbocycles. The largest absolute Gasteiger partial charge is 0.324 e. The molecule has 1 aliphatic heterocycles. The first-order chi connectivity index (χ1) is 13.6. The Morgan fingerprint density at radius 2 is 2.04 bits per heavy atom. The average molecular weight is 394 g/mol. The van der Waals surface area contributed by atoms with Crippen molar-refractivity contribution in [2.45, 2.75) is 24.5 Å². The fourth-order valence-electron chi connectivity index (χ4n) is 3.11. The highest BCUT2D eigenvalue weighted by molar-refractivity contribution is 7.99. The lowest BCUT2D eigenvalue weighted by Crippen LogP contribution is -2.40. The molecular formula is C19H18N6O2S. The van der Waals surface area contributed by atoms with Crippen LogP contribution in [-0.2, 0) is 9.59 Å². The maximum atomic E-state index is 13.0. The molecule has 1 atom stereocenters. The maximum absolute atomic E-state index is 13.0. The molecule has 4 rings (SSSR count). The second kappa shape index (κ2) is 7.81. The monoisotopic (exact) mass is 394 g/mol. The van der Waals surface area contributed by atoms with Crippen LogP contribution in [0.5, 0.6) is 0 Å². The molecule has 3 heterocycles. The third kappa shape index (κ3) is 3.74. The van der Waals surface area contributed by atoms with Gasteiger partial charge >= 0.3 is 0 Å². The molecule has 3 aromatic rings. The van der Waals surface area contributed by atoms with Crippen LogP contribution in [0.1, 0.15) is 13.3 Å². The van der Waals surface area contributed by atoms with Gasteiger partial charge in [-0.05, 0) is 31.2 Å². The van der Waals surface area contributed by atoms with Gasteiger partial charge in [-0.2, -0.15) is 0 Å². The van der Waals surface area contributed by atoms with E-state index in [1.807, 2.05) is 37.3 Å². The molecule has 9 heteroatoms. The van der Waals surface area contributed by atoms with Crippen molar-refractivity contribution in [3.63, 3.8) is 0 Å². The van der Waals surface area contributed by atoms with E-state index in [4.69, 9.17) is 0 Å². The minimum Gasteiger partial charge on any atom is -0.324 e. The molecule has 0 saturated heterocycles. The second-order valence-electron chi connectivity index (χ2n) is 6.37. The lowest BCUT2D eigenvalue weighted by Gasteiger charge is -2.27. The number of benzene rings is 1. The fourth-order valence-corrected chi connectivity index (χ4v) is 3.77. The van der Waals surface area contributed by atoms with E-state index in [9.17, 15) is 9.59 Å². The second-order valence-corrected chi connectivity index (χ2v) is 7.32. The van der Waals surface area contributed by atoms with E-state index in [0.29, 0.717) is 22.4 Å². The smallest absolute Gasteiger partial charge is 0.237 e. The quantitative estimate of drug-likeness (QED) is 0.660. The van der Waals surface area contributed by atoms with E-state index < -0.39 is 0 Å². The number of amides is 2. The van der Waals surface area contributed by atoms with Crippen molar-refractivity contribution in [3.8, 4) is 11.4 Å². The van der Waals surface area contributed by atoms with Gasteiger partial charge < -0.3 is 10.2 Å². The Morgan fingerprint density at radius 3 is 2.86 bits per heavy atom. The van der Waals surface area contributed by atoms with E-state index in [-0.39, 0.29) is 30.0 Å². The Hall–Kier alpha value is -3.20. The highest BCUT2D eigenvalue weighted by Crippen LogP contribution is 2.32. The summed E-state index contributed by atoms with van der Waals surface area (Å²) in [5.41, 5.74) is 2.23. The number of nitrogens with one attached hydrogen (secondary N) is 2. The molecule has 28 heavy (non-hydrogen) atoms. The molecule has 142 valence electrons. The topological polar surface area (TPSA) is 104 Å². The predicted molar refractivity (Wildman–Crippen MR) is 107 cm³/mol. The summed E-state index contributed by atoms with van der Waals surface area (Å²) < 4.78 is 0. The van der Waals surface area contributed by atoms with Gasteiger partial charge in [-0.25, -0.2) is 4.98 Å². The van der Waals surface area contributed by atoms with Crippen LogP contribution in [0, 0.1) is 0 Å². The summed E-state index contributed by atoms with van der Waals surface area (Å²) in [6.07, 6.45) is 3.61. The van der Waals surface area contributed by atoms with Crippen LogP contribution in [0.25, 0.3) is 11.4 Å². The van der Waals surface area contributed by atoms with Gasteiger partial charge in [0.25, 0.3) is 0 Å². The fraction of sp³-hybridized carbons (Fsp3) is 0.211. The molecule has 0 bridgehead atoms. The number of fused-ring (bicyclic) bond motifs is 1. The van der Waals surface area contributed by atoms with Gasteiger partial charge in [0.2, 0.25) is 17.0 Å². The van der Waals surface area contributed by atoms with E-state index in [2.05, 4.69) is 25.5 Å². The molecule has 0 spiro atoms. The summed E-state index contributed by atoms with van der Waals surface area (Å²) >= 11 is 1.26. The molecule has 1 aliphatic rings. The van der Waals surface area contributed by atoms with E-state index in [1.165, 1.54) is 11.8 Å². The lowest BCUT2D eigenvalue weighted by molar-refractivity contribution is -0.117. The minimum absolute atomic E-state index is 0.0983. The third-order valence-corrected chi connectivity index (χ3v) is 5.20. The highest BCUT2D eigenvalue weighted by Gasteiger charge is 2.29. The van der Waals surface area contributed by atoms with Crippen LogP contribution in [0.2, 0.25) is 0 Å².